The summed E-state index contributed by atoms with van der Waals surface area (Å²) < 4.78 is 58.9. The SMILES string of the molecule is COCCCN1CCOc2ccc(CO[C@H]3CN(S(=O)(=O)c4ccc(C)cc4)[C@@H](CNC(=O)O)C[C@@H]3c3ccc(COC[C@@H](C)COC)cc3)cc21. The molecular weight excluding hydrogens is 687 g/mol. The quantitative estimate of drug-likeness (QED) is 0.163. The van der Waals surface area contributed by atoms with Crippen molar-refractivity contribution in [3.05, 3.63) is 89.0 Å². The summed E-state index contributed by atoms with van der Waals surface area (Å²) in [5.41, 5.74) is 4.88. The van der Waals surface area contributed by atoms with E-state index in [1.807, 2.05) is 43.3 Å². The lowest BCUT2D eigenvalue weighted by Crippen LogP contribution is -2.55. The number of nitrogens with zero attached hydrogens (tertiary/aromatic N) is 2. The number of aryl methyl sites for hydroxylation is 1. The first kappa shape index (κ1) is 39.5. The highest BCUT2D eigenvalue weighted by Gasteiger charge is 2.43. The highest BCUT2D eigenvalue weighted by molar-refractivity contribution is 7.89. The van der Waals surface area contributed by atoms with E-state index in [9.17, 15) is 18.3 Å². The second-order valence-electron chi connectivity index (χ2n) is 13.7. The number of hydrogen-bond donors (Lipinski definition) is 2. The van der Waals surface area contributed by atoms with Gasteiger partial charge in [-0.3, -0.25) is 0 Å². The number of fused-ring (bicyclic) bond motifs is 1. The molecule has 2 N–H and O–H groups in total. The van der Waals surface area contributed by atoms with Crippen LogP contribution in [0, 0.1) is 12.8 Å². The highest BCUT2D eigenvalue weighted by Crippen LogP contribution is 2.38. The van der Waals surface area contributed by atoms with Gasteiger partial charge in [0.1, 0.15) is 12.4 Å². The van der Waals surface area contributed by atoms with E-state index >= 15 is 0 Å². The Hall–Kier alpha value is -3.72. The third kappa shape index (κ3) is 10.5. The first-order chi connectivity index (χ1) is 25.1. The van der Waals surface area contributed by atoms with Crippen LogP contribution in [0.2, 0.25) is 0 Å². The molecule has 52 heavy (non-hydrogen) atoms. The molecule has 0 unspecified atom stereocenters. The van der Waals surface area contributed by atoms with Crippen molar-refractivity contribution >= 4 is 21.8 Å². The Labute approximate surface area is 308 Å². The monoisotopic (exact) mass is 739 g/mol. The van der Waals surface area contributed by atoms with Gasteiger partial charge < -0.3 is 39.0 Å². The van der Waals surface area contributed by atoms with Crippen LogP contribution in [0.4, 0.5) is 10.5 Å². The molecule has 0 aromatic heterocycles. The highest BCUT2D eigenvalue weighted by atomic mass is 32.2. The van der Waals surface area contributed by atoms with Crippen molar-refractivity contribution in [1.29, 1.82) is 0 Å². The van der Waals surface area contributed by atoms with Crippen LogP contribution in [0.3, 0.4) is 0 Å². The van der Waals surface area contributed by atoms with Gasteiger partial charge in [0.05, 0.1) is 49.7 Å². The molecule has 0 radical (unpaired) electrons. The zero-order valence-electron chi connectivity index (χ0n) is 30.7. The molecule has 1 saturated heterocycles. The number of ether oxygens (including phenoxy) is 5. The minimum atomic E-state index is -3.99. The molecule has 0 spiro atoms. The number of carboxylic acid groups (broad SMARTS) is 1. The van der Waals surface area contributed by atoms with Crippen molar-refractivity contribution in [2.45, 2.75) is 62.9 Å². The molecule has 3 aromatic rings. The Balaban J connectivity index is 1.41. The molecule has 4 atom stereocenters. The van der Waals surface area contributed by atoms with Crippen molar-refractivity contribution in [3.63, 3.8) is 0 Å². The number of piperidine rings is 1. The summed E-state index contributed by atoms with van der Waals surface area (Å²) in [5, 5.41) is 12.0. The summed E-state index contributed by atoms with van der Waals surface area (Å²) in [5.74, 6) is 0.888. The number of methoxy groups -OCH3 is 2. The minimum Gasteiger partial charge on any atom is -0.490 e. The topological polar surface area (TPSA) is 136 Å². The van der Waals surface area contributed by atoms with Crippen LogP contribution in [-0.2, 0) is 42.2 Å². The number of sulfonamides is 1. The first-order valence-corrected chi connectivity index (χ1v) is 19.3. The maximum atomic E-state index is 14.2. The number of hydrogen-bond acceptors (Lipinski definition) is 9. The number of benzene rings is 3. The third-order valence-corrected chi connectivity index (χ3v) is 11.5. The van der Waals surface area contributed by atoms with Gasteiger partial charge in [0.2, 0.25) is 10.0 Å². The molecule has 2 aliphatic rings. The van der Waals surface area contributed by atoms with E-state index in [4.69, 9.17) is 23.7 Å². The smallest absolute Gasteiger partial charge is 0.404 e. The predicted octanol–water partition coefficient (Wildman–Crippen LogP) is 5.43. The first-order valence-electron chi connectivity index (χ1n) is 17.9. The minimum absolute atomic E-state index is 0.0479. The van der Waals surface area contributed by atoms with Crippen LogP contribution in [0.5, 0.6) is 5.75 Å². The Bertz CT molecular complexity index is 1690. The van der Waals surface area contributed by atoms with Gasteiger partial charge in [-0.1, -0.05) is 55.0 Å². The summed E-state index contributed by atoms with van der Waals surface area (Å²) in [7, 11) is -0.614. The normalized spacial score (nSPS) is 19.8. The maximum Gasteiger partial charge on any atom is 0.404 e. The van der Waals surface area contributed by atoms with E-state index < -0.39 is 28.3 Å². The average molecular weight is 740 g/mol. The molecule has 0 saturated carbocycles. The van der Waals surface area contributed by atoms with Crippen LogP contribution >= 0.6 is 0 Å². The van der Waals surface area contributed by atoms with Crippen LogP contribution in [0.1, 0.15) is 47.9 Å². The van der Waals surface area contributed by atoms with Gasteiger partial charge in [0.25, 0.3) is 0 Å². The van der Waals surface area contributed by atoms with Crippen molar-refractivity contribution < 1.29 is 42.0 Å². The van der Waals surface area contributed by atoms with Crippen molar-refractivity contribution in [2.75, 3.05) is 71.7 Å². The Kier molecular flexibility index (Phi) is 14.3. The fourth-order valence-electron chi connectivity index (χ4n) is 6.88. The lowest BCUT2D eigenvalue weighted by atomic mass is 9.83. The molecule has 284 valence electrons. The molecule has 1 fully saturated rings. The molecular formula is C39H53N3O9S. The van der Waals surface area contributed by atoms with E-state index in [0.29, 0.717) is 39.5 Å². The van der Waals surface area contributed by atoms with Gasteiger partial charge in [0, 0.05) is 58.3 Å². The summed E-state index contributed by atoms with van der Waals surface area (Å²) in [4.78, 5) is 14.1. The van der Waals surface area contributed by atoms with Crippen molar-refractivity contribution in [2.24, 2.45) is 5.92 Å². The molecule has 13 heteroatoms. The zero-order chi connectivity index (χ0) is 37.1. The second kappa shape index (κ2) is 18.9. The van der Waals surface area contributed by atoms with Crippen LogP contribution in [0.15, 0.2) is 71.6 Å². The summed E-state index contributed by atoms with van der Waals surface area (Å²) in [6.07, 6.45) is -0.490. The predicted molar refractivity (Wildman–Crippen MR) is 199 cm³/mol. The van der Waals surface area contributed by atoms with E-state index in [-0.39, 0.29) is 36.4 Å². The Morgan fingerprint density at radius 1 is 1.00 bits per heavy atom. The zero-order valence-corrected chi connectivity index (χ0v) is 31.5. The van der Waals surface area contributed by atoms with Crippen molar-refractivity contribution in [3.8, 4) is 5.75 Å². The summed E-state index contributed by atoms with van der Waals surface area (Å²) in [6, 6.07) is 20.2. The van der Waals surface area contributed by atoms with Gasteiger partial charge in [-0.05, 0) is 60.7 Å². The van der Waals surface area contributed by atoms with E-state index in [2.05, 4.69) is 23.2 Å². The molecule has 2 heterocycles. The van der Waals surface area contributed by atoms with Gasteiger partial charge in [-0.25, -0.2) is 13.2 Å². The molecule has 2 aliphatic heterocycles. The summed E-state index contributed by atoms with van der Waals surface area (Å²) in [6.45, 7) is 8.78. The van der Waals surface area contributed by atoms with Crippen LogP contribution in [-0.4, -0.2) is 103 Å². The molecule has 3 aromatic carbocycles. The lowest BCUT2D eigenvalue weighted by molar-refractivity contribution is -0.0194. The van der Waals surface area contributed by atoms with Gasteiger partial charge in [0.15, 0.2) is 0 Å². The standard InChI is InChI=1S/C39H53N3O9S/c1-28-6-13-34(14-7-28)52(45,46)42-23-38(51-27-31-10-15-37-36(20-31)41(17-19-50-37)16-5-18-47-3)35(21-33(42)22-40-39(43)44)32-11-8-30(9-12-32)26-49-25-29(2)24-48-4/h6-15,20,29,33,35,38,40H,5,16-19,21-27H2,1-4H3,(H,43,44)/t29-,33+,35+,38-/m0/s1. The molecule has 12 nitrogen and oxygen atoms in total. The fraction of sp³-hybridized carbons (Fsp3) is 0.513. The fourth-order valence-corrected chi connectivity index (χ4v) is 8.53. The van der Waals surface area contributed by atoms with Crippen molar-refractivity contribution in [1.82, 2.24) is 9.62 Å². The molecule has 0 bridgehead atoms. The maximum absolute atomic E-state index is 14.2. The summed E-state index contributed by atoms with van der Waals surface area (Å²) >= 11 is 0. The Morgan fingerprint density at radius 2 is 1.75 bits per heavy atom. The van der Waals surface area contributed by atoms with Crippen LogP contribution < -0.4 is 15.0 Å². The lowest BCUT2D eigenvalue weighted by Gasteiger charge is -2.43. The number of rotatable bonds is 18. The second-order valence-corrected chi connectivity index (χ2v) is 15.6. The number of anilines is 1. The molecule has 5 rings (SSSR count). The van der Waals surface area contributed by atoms with E-state index in [1.54, 1.807) is 38.5 Å². The van der Waals surface area contributed by atoms with Crippen LogP contribution in [0.25, 0.3) is 0 Å². The van der Waals surface area contributed by atoms with E-state index in [0.717, 1.165) is 53.2 Å². The number of amides is 1. The number of nitrogens with one attached hydrogen (secondary N) is 1. The molecule has 0 aliphatic carbocycles. The molecule has 1 amide bonds. The Morgan fingerprint density at radius 3 is 2.46 bits per heavy atom. The van der Waals surface area contributed by atoms with Gasteiger partial charge >= 0.3 is 6.09 Å². The third-order valence-electron chi connectivity index (χ3n) is 9.61. The largest absolute Gasteiger partial charge is 0.490 e. The average Bonchev–Trinajstić information content (AvgIpc) is 3.13. The van der Waals surface area contributed by atoms with Gasteiger partial charge in [-0.15, -0.1) is 0 Å². The van der Waals surface area contributed by atoms with E-state index in [1.165, 1.54) is 4.31 Å². The number of carbonyl (C=O) groups is 1. The van der Waals surface area contributed by atoms with Gasteiger partial charge in [-0.2, -0.15) is 4.31 Å².